The summed E-state index contributed by atoms with van der Waals surface area (Å²) in [5, 5.41) is 10.3. The van der Waals surface area contributed by atoms with Crippen molar-refractivity contribution >= 4 is 34.1 Å². The van der Waals surface area contributed by atoms with Gasteiger partial charge in [0.15, 0.2) is 5.75 Å². The first-order valence-electron chi connectivity index (χ1n) is 5.48. The molecule has 2 aromatic rings. The van der Waals surface area contributed by atoms with Gasteiger partial charge < -0.3 is 5.11 Å². The summed E-state index contributed by atoms with van der Waals surface area (Å²) in [6, 6.07) is 1.35. The molecule has 1 aromatic heterocycles. The van der Waals surface area contributed by atoms with Gasteiger partial charge in [0.2, 0.25) is 0 Å². The van der Waals surface area contributed by atoms with Gasteiger partial charge in [0.05, 0.1) is 21.8 Å². The highest BCUT2D eigenvalue weighted by atomic mass is 35.5. The average Bonchev–Trinajstić information content (AvgIpc) is 2.28. The van der Waals surface area contributed by atoms with Crippen LogP contribution in [-0.4, -0.2) is 14.7 Å². The smallest absolute Gasteiger partial charge is 0.262 e. The number of phenolic OH excluding ortho intramolecular Hbond substituents is 1. The molecule has 2 rings (SSSR count). The second kappa shape index (κ2) is 4.78. The lowest BCUT2D eigenvalue weighted by atomic mass is 10.2. The van der Waals surface area contributed by atoms with E-state index in [1.54, 1.807) is 0 Å². The van der Waals surface area contributed by atoms with E-state index in [0.717, 1.165) is 0 Å². The van der Waals surface area contributed by atoms with Crippen LogP contribution in [0.1, 0.15) is 13.8 Å². The minimum Gasteiger partial charge on any atom is -0.504 e. The molecule has 0 saturated carbocycles. The normalized spacial score (nSPS) is 11.4. The number of benzene rings is 1. The highest BCUT2D eigenvalue weighted by Crippen LogP contribution is 2.34. The summed E-state index contributed by atoms with van der Waals surface area (Å²) in [5.41, 5.74) is -0.136. The van der Waals surface area contributed by atoms with Crippen LogP contribution >= 0.6 is 23.2 Å². The van der Waals surface area contributed by atoms with Crippen LogP contribution in [0.5, 0.6) is 5.75 Å². The average molecular weight is 287 g/mol. The zero-order valence-corrected chi connectivity index (χ0v) is 11.5. The minimum atomic E-state index is -0.273. The molecule has 0 amide bonds. The van der Waals surface area contributed by atoms with Crippen molar-refractivity contribution in [2.45, 2.75) is 20.4 Å². The molecule has 0 spiro atoms. The van der Waals surface area contributed by atoms with E-state index in [1.807, 2.05) is 13.8 Å². The maximum absolute atomic E-state index is 12.2. The zero-order chi connectivity index (χ0) is 13.4. The number of halogens is 2. The third-order valence-corrected chi connectivity index (χ3v) is 3.13. The SMILES string of the molecule is CC(C)Cn1cnc2c(O)c(Cl)cc(Cl)c2c1=O. The number of aromatic nitrogens is 2. The van der Waals surface area contributed by atoms with Gasteiger partial charge in [-0.15, -0.1) is 0 Å². The van der Waals surface area contributed by atoms with E-state index >= 15 is 0 Å². The summed E-state index contributed by atoms with van der Waals surface area (Å²) in [5.74, 6) is 0.0893. The van der Waals surface area contributed by atoms with E-state index < -0.39 is 0 Å². The molecule has 18 heavy (non-hydrogen) atoms. The molecule has 1 N–H and O–H groups in total. The Hall–Kier alpha value is -1.26. The first-order chi connectivity index (χ1) is 8.41. The molecule has 0 fully saturated rings. The Labute approximate surface area is 114 Å². The molecular formula is C12H12Cl2N2O2. The van der Waals surface area contributed by atoms with E-state index in [9.17, 15) is 9.90 Å². The lowest BCUT2D eigenvalue weighted by Gasteiger charge is -2.10. The molecule has 4 nitrogen and oxygen atoms in total. The molecule has 0 unspecified atom stereocenters. The lowest BCUT2D eigenvalue weighted by Crippen LogP contribution is -2.23. The largest absolute Gasteiger partial charge is 0.504 e. The monoisotopic (exact) mass is 286 g/mol. The Balaban J connectivity index is 2.79. The summed E-state index contributed by atoms with van der Waals surface area (Å²) < 4.78 is 1.48. The molecule has 1 aromatic carbocycles. The van der Waals surface area contributed by atoms with Gasteiger partial charge in [-0.2, -0.15) is 0 Å². The van der Waals surface area contributed by atoms with Crippen molar-refractivity contribution in [3.63, 3.8) is 0 Å². The lowest BCUT2D eigenvalue weighted by molar-refractivity contribution is 0.479. The summed E-state index contributed by atoms with van der Waals surface area (Å²) >= 11 is 11.8. The van der Waals surface area contributed by atoms with Crippen LogP contribution in [0, 0.1) is 5.92 Å². The fourth-order valence-electron chi connectivity index (χ4n) is 1.77. The van der Waals surface area contributed by atoms with Gasteiger partial charge in [-0.1, -0.05) is 37.0 Å². The predicted octanol–water partition coefficient (Wildman–Crippen LogP) is 3.06. The van der Waals surface area contributed by atoms with E-state index in [4.69, 9.17) is 23.2 Å². The van der Waals surface area contributed by atoms with Crippen LogP contribution in [0.4, 0.5) is 0 Å². The van der Waals surface area contributed by atoms with Crippen LogP contribution < -0.4 is 5.56 Å². The number of rotatable bonds is 2. The molecule has 0 saturated heterocycles. The Morgan fingerprint density at radius 2 is 2.06 bits per heavy atom. The van der Waals surface area contributed by atoms with Gasteiger partial charge in [-0.05, 0) is 12.0 Å². The van der Waals surface area contributed by atoms with Crippen LogP contribution in [-0.2, 0) is 6.54 Å². The number of aromatic hydroxyl groups is 1. The van der Waals surface area contributed by atoms with E-state index in [0.29, 0.717) is 12.5 Å². The van der Waals surface area contributed by atoms with Gasteiger partial charge in [0, 0.05) is 6.54 Å². The van der Waals surface area contributed by atoms with Crippen LogP contribution in [0.25, 0.3) is 10.9 Å². The van der Waals surface area contributed by atoms with Gasteiger partial charge in [0.1, 0.15) is 5.52 Å². The minimum absolute atomic E-state index is 0.0843. The molecule has 0 radical (unpaired) electrons. The maximum atomic E-state index is 12.2. The molecule has 0 aliphatic carbocycles. The Morgan fingerprint density at radius 3 is 2.67 bits per heavy atom. The summed E-state index contributed by atoms with van der Waals surface area (Å²) in [4.78, 5) is 16.3. The summed E-state index contributed by atoms with van der Waals surface area (Å²) in [6.45, 7) is 4.54. The van der Waals surface area contributed by atoms with Crippen LogP contribution in [0.3, 0.4) is 0 Å². The Morgan fingerprint density at radius 1 is 1.39 bits per heavy atom. The predicted molar refractivity (Wildman–Crippen MR) is 72.5 cm³/mol. The number of phenols is 1. The number of hydrogen-bond acceptors (Lipinski definition) is 3. The Bertz CT molecular complexity index is 665. The molecule has 0 aliphatic heterocycles. The van der Waals surface area contributed by atoms with E-state index in [2.05, 4.69) is 4.98 Å². The number of hydrogen-bond donors (Lipinski definition) is 1. The van der Waals surface area contributed by atoms with Crippen molar-refractivity contribution < 1.29 is 5.11 Å². The first kappa shape index (κ1) is 13.2. The molecule has 0 bridgehead atoms. The second-order valence-electron chi connectivity index (χ2n) is 4.51. The first-order valence-corrected chi connectivity index (χ1v) is 6.23. The summed E-state index contributed by atoms with van der Waals surface area (Å²) in [7, 11) is 0. The van der Waals surface area contributed by atoms with Crippen molar-refractivity contribution in [3.05, 3.63) is 32.8 Å². The second-order valence-corrected chi connectivity index (χ2v) is 5.32. The van der Waals surface area contributed by atoms with Gasteiger partial charge in [-0.3, -0.25) is 9.36 Å². The molecule has 6 heteroatoms. The third kappa shape index (κ3) is 2.18. The third-order valence-electron chi connectivity index (χ3n) is 2.54. The quantitative estimate of drug-likeness (QED) is 0.923. The fraction of sp³-hybridized carbons (Fsp3) is 0.333. The van der Waals surface area contributed by atoms with Crippen LogP contribution in [0.15, 0.2) is 17.2 Å². The number of fused-ring (bicyclic) bond motifs is 1. The highest BCUT2D eigenvalue weighted by molar-refractivity contribution is 6.39. The van der Waals surface area contributed by atoms with Crippen molar-refractivity contribution in [2.24, 2.45) is 5.92 Å². The molecular weight excluding hydrogens is 275 g/mol. The Kier molecular flexibility index (Phi) is 3.50. The molecule has 0 atom stereocenters. The fourth-order valence-corrected chi connectivity index (χ4v) is 2.31. The van der Waals surface area contributed by atoms with Gasteiger partial charge in [-0.25, -0.2) is 4.98 Å². The number of nitrogens with zero attached hydrogens (tertiary/aromatic N) is 2. The van der Waals surface area contributed by atoms with Crippen molar-refractivity contribution in [1.82, 2.24) is 9.55 Å². The van der Waals surface area contributed by atoms with Gasteiger partial charge >= 0.3 is 0 Å². The van der Waals surface area contributed by atoms with E-state index in [1.165, 1.54) is 17.0 Å². The highest BCUT2D eigenvalue weighted by Gasteiger charge is 2.15. The standard InChI is InChI=1S/C12H12Cl2N2O2/c1-6(2)4-16-5-15-10-9(12(16)18)7(13)3-8(14)11(10)17/h3,5-6,17H,4H2,1-2H3. The molecule has 96 valence electrons. The van der Waals surface area contributed by atoms with Crippen molar-refractivity contribution in [1.29, 1.82) is 0 Å². The van der Waals surface area contributed by atoms with Gasteiger partial charge in [0.25, 0.3) is 5.56 Å². The topological polar surface area (TPSA) is 55.1 Å². The van der Waals surface area contributed by atoms with E-state index in [-0.39, 0.29) is 32.3 Å². The van der Waals surface area contributed by atoms with Crippen LogP contribution in [0.2, 0.25) is 10.0 Å². The summed E-state index contributed by atoms with van der Waals surface area (Å²) in [6.07, 6.45) is 1.40. The molecule has 0 aliphatic rings. The zero-order valence-electron chi connectivity index (χ0n) is 9.94. The molecule has 1 heterocycles. The van der Waals surface area contributed by atoms with Crippen molar-refractivity contribution in [3.8, 4) is 5.75 Å². The maximum Gasteiger partial charge on any atom is 0.262 e. The van der Waals surface area contributed by atoms with Crippen molar-refractivity contribution in [2.75, 3.05) is 0 Å².